The first-order chi connectivity index (χ1) is 6.72. The smallest absolute Gasteiger partial charge is 0.151 e. The van der Waals surface area contributed by atoms with Gasteiger partial charge in [0, 0.05) is 21.6 Å². The molecule has 0 N–H and O–H groups in total. The van der Waals surface area contributed by atoms with Crippen molar-refractivity contribution in [2.24, 2.45) is 0 Å². The number of nitrogens with zero attached hydrogens (tertiary/aromatic N) is 1. The maximum Gasteiger partial charge on any atom is 0.151 e. The van der Waals surface area contributed by atoms with Crippen LogP contribution in [0.25, 0.3) is 10.9 Å². The number of carbonyl (C=O) groups excluding carboxylic acids is 1. The molecular weight excluding hydrogens is 242 g/mol. The lowest BCUT2D eigenvalue weighted by atomic mass is 10.1. The SMILES string of the molecule is Cc1c(C=O)cnc2ccc(Br)cc12. The van der Waals surface area contributed by atoms with E-state index in [4.69, 9.17) is 0 Å². The van der Waals surface area contributed by atoms with Crippen LogP contribution in [-0.2, 0) is 0 Å². The lowest BCUT2D eigenvalue weighted by Gasteiger charge is -2.03. The molecule has 70 valence electrons. The molecular formula is C11H8BrNO. The van der Waals surface area contributed by atoms with E-state index in [2.05, 4.69) is 20.9 Å². The van der Waals surface area contributed by atoms with E-state index in [1.165, 1.54) is 0 Å². The van der Waals surface area contributed by atoms with Gasteiger partial charge in [-0.1, -0.05) is 15.9 Å². The molecule has 2 rings (SSSR count). The van der Waals surface area contributed by atoms with Crippen LogP contribution in [0, 0.1) is 6.92 Å². The van der Waals surface area contributed by atoms with Gasteiger partial charge in [0.2, 0.25) is 0 Å². The van der Waals surface area contributed by atoms with Crippen LogP contribution < -0.4 is 0 Å². The Kier molecular flexibility index (Phi) is 2.33. The van der Waals surface area contributed by atoms with Gasteiger partial charge in [-0.2, -0.15) is 0 Å². The highest BCUT2D eigenvalue weighted by molar-refractivity contribution is 9.10. The second-order valence-electron chi connectivity index (χ2n) is 3.12. The molecule has 2 nitrogen and oxygen atoms in total. The fourth-order valence-corrected chi connectivity index (χ4v) is 1.79. The lowest BCUT2D eigenvalue weighted by molar-refractivity contribution is 0.112. The number of rotatable bonds is 1. The van der Waals surface area contributed by atoms with E-state index in [1.807, 2.05) is 25.1 Å². The Morgan fingerprint density at radius 1 is 1.43 bits per heavy atom. The van der Waals surface area contributed by atoms with Crippen LogP contribution >= 0.6 is 15.9 Å². The highest BCUT2D eigenvalue weighted by Crippen LogP contribution is 2.22. The van der Waals surface area contributed by atoms with Gasteiger partial charge < -0.3 is 0 Å². The first kappa shape index (κ1) is 9.34. The molecule has 0 saturated heterocycles. The summed E-state index contributed by atoms with van der Waals surface area (Å²) in [5, 5.41) is 1.02. The predicted octanol–water partition coefficient (Wildman–Crippen LogP) is 3.12. The van der Waals surface area contributed by atoms with Gasteiger partial charge in [-0.25, -0.2) is 0 Å². The van der Waals surface area contributed by atoms with Crippen molar-refractivity contribution in [2.75, 3.05) is 0 Å². The zero-order valence-electron chi connectivity index (χ0n) is 7.62. The van der Waals surface area contributed by atoms with Gasteiger partial charge in [-0.3, -0.25) is 9.78 Å². The number of aromatic nitrogens is 1. The van der Waals surface area contributed by atoms with Crippen LogP contribution in [-0.4, -0.2) is 11.3 Å². The van der Waals surface area contributed by atoms with E-state index in [0.717, 1.165) is 27.2 Å². The van der Waals surface area contributed by atoms with Crippen LogP contribution in [0.4, 0.5) is 0 Å². The van der Waals surface area contributed by atoms with Gasteiger partial charge in [0.05, 0.1) is 5.52 Å². The molecule has 0 atom stereocenters. The summed E-state index contributed by atoms with van der Waals surface area (Å²) in [4.78, 5) is 14.9. The maximum absolute atomic E-state index is 10.7. The summed E-state index contributed by atoms with van der Waals surface area (Å²) in [6.45, 7) is 1.93. The Morgan fingerprint density at radius 3 is 2.93 bits per heavy atom. The Labute approximate surface area is 90.1 Å². The molecule has 0 saturated carbocycles. The summed E-state index contributed by atoms with van der Waals surface area (Å²) < 4.78 is 0.998. The average molecular weight is 250 g/mol. The zero-order chi connectivity index (χ0) is 10.1. The monoisotopic (exact) mass is 249 g/mol. The Balaban J connectivity index is 2.86. The van der Waals surface area contributed by atoms with Gasteiger partial charge in [-0.15, -0.1) is 0 Å². The molecule has 0 aliphatic carbocycles. The van der Waals surface area contributed by atoms with Gasteiger partial charge in [0.15, 0.2) is 6.29 Å². The molecule has 0 fully saturated rings. The van der Waals surface area contributed by atoms with Gasteiger partial charge in [0.25, 0.3) is 0 Å². The number of halogens is 1. The van der Waals surface area contributed by atoms with E-state index in [1.54, 1.807) is 6.20 Å². The molecule has 1 aromatic heterocycles. The van der Waals surface area contributed by atoms with Crippen molar-refractivity contribution < 1.29 is 4.79 Å². The summed E-state index contributed by atoms with van der Waals surface area (Å²) in [6, 6.07) is 5.85. The van der Waals surface area contributed by atoms with Crippen LogP contribution in [0.1, 0.15) is 15.9 Å². The third kappa shape index (κ3) is 1.44. The number of fused-ring (bicyclic) bond motifs is 1. The molecule has 0 bridgehead atoms. The number of hydrogen-bond acceptors (Lipinski definition) is 2. The minimum Gasteiger partial charge on any atom is -0.298 e. The standard InChI is InChI=1S/C11H8BrNO/c1-7-8(6-14)5-13-11-3-2-9(12)4-10(7)11/h2-6H,1H3. The molecule has 0 aliphatic heterocycles. The molecule has 1 heterocycles. The van der Waals surface area contributed by atoms with E-state index in [0.29, 0.717) is 5.56 Å². The van der Waals surface area contributed by atoms with Crippen LogP contribution in [0.2, 0.25) is 0 Å². The van der Waals surface area contributed by atoms with Crippen molar-refractivity contribution in [3.8, 4) is 0 Å². The Hall–Kier alpha value is -1.22. The second kappa shape index (κ2) is 3.50. The van der Waals surface area contributed by atoms with Crippen LogP contribution in [0.15, 0.2) is 28.9 Å². The van der Waals surface area contributed by atoms with Gasteiger partial charge in [0.1, 0.15) is 0 Å². The van der Waals surface area contributed by atoms with Crippen LogP contribution in [0.3, 0.4) is 0 Å². The zero-order valence-corrected chi connectivity index (χ0v) is 9.21. The lowest BCUT2D eigenvalue weighted by Crippen LogP contribution is -1.90. The van der Waals surface area contributed by atoms with Crippen LogP contribution in [0.5, 0.6) is 0 Å². The molecule has 0 aliphatic rings. The normalized spacial score (nSPS) is 10.4. The number of aryl methyl sites for hydroxylation is 1. The number of benzene rings is 1. The van der Waals surface area contributed by atoms with Crippen molar-refractivity contribution in [1.29, 1.82) is 0 Å². The molecule has 0 spiro atoms. The van der Waals surface area contributed by atoms with E-state index in [-0.39, 0.29) is 0 Å². The number of pyridine rings is 1. The van der Waals surface area contributed by atoms with Gasteiger partial charge >= 0.3 is 0 Å². The molecule has 0 radical (unpaired) electrons. The van der Waals surface area contributed by atoms with Crippen molar-refractivity contribution in [3.05, 3.63) is 40.0 Å². The highest BCUT2D eigenvalue weighted by Gasteiger charge is 2.03. The third-order valence-corrected chi connectivity index (χ3v) is 2.76. The number of hydrogen-bond donors (Lipinski definition) is 0. The predicted molar refractivity (Wildman–Crippen MR) is 59.6 cm³/mol. The van der Waals surface area contributed by atoms with Gasteiger partial charge in [-0.05, 0) is 30.7 Å². The first-order valence-corrected chi connectivity index (χ1v) is 5.01. The summed E-state index contributed by atoms with van der Waals surface area (Å²) in [5.74, 6) is 0. The fraction of sp³-hybridized carbons (Fsp3) is 0.0909. The molecule has 14 heavy (non-hydrogen) atoms. The highest BCUT2D eigenvalue weighted by atomic mass is 79.9. The van der Waals surface area contributed by atoms with Crippen molar-refractivity contribution in [1.82, 2.24) is 4.98 Å². The fourth-order valence-electron chi connectivity index (χ4n) is 1.43. The minimum atomic E-state index is 0.649. The summed E-state index contributed by atoms with van der Waals surface area (Å²) >= 11 is 3.40. The Bertz CT molecular complexity index is 508. The molecule has 1 aromatic carbocycles. The van der Waals surface area contributed by atoms with E-state index >= 15 is 0 Å². The van der Waals surface area contributed by atoms with Crippen molar-refractivity contribution in [2.45, 2.75) is 6.92 Å². The molecule has 3 heteroatoms. The Morgan fingerprint density at radius 2 is 2.21 bits per heavy atom. The van der Waals surface area contributed by atoms with E-state index < -0.39 is 0 Å². The topological polar surface area (TPSA) is 30.0 Å². The summed E-state index contributed by atoms with van der Waals surface area (Å²) in [7, 11) is 0. The second-order valence-corrected chi connectivity index (χ2v) is 4.03. The summed E-state index contributed by atoms with van der Waals surface area (Å²) in [5.41, 5.74) is 2.54. The maximum atomic E-state index is 10.7. The van der Waals surface area contributed by atoms with Crippen molar-refractivity contribution >= 4 is 33.1 Å². The van der Waals surface area contributed by atoms with Crippen molar-refractivity contribution in [3.63, 3.8) is 0 Å². The molecule has 0 unspecified atom stereocenters. The molecule has 0 amide bonds. The quantitative estimate of drug-likeness (QED) is 0.728. The summed E-state index contributed by atoms with van der Waals surface area (Å²) in [6.07, 6.45) is 2.45. The number of carbonyl (C=O) groups is 1. The third-order valence-electron chi connectivity index (χ3n) is 2.27. The largest absolute Gasteiger partial charge is 0.298 e. The van der Waals surface area contributed by atoms with E-state index in [9.17, 15) is 4.79 Å². The minimum absolute atomic E-state index is 0.649. The first-order valence-electron chi connectivity index (χ1n) is 4.22. The average Bonchev–Trinajstić information content (AvgIpc) is 2.20. The number of aldehydes is 1. The molecule has 2 aromatic rings.